The fourth-order valence-electron chi connectivity index (χ4n) is 4.70. The number of aromatic nitrogens is 2. The summed E-state index contributed by atoms with van der Waals surface area (Å²) in [7, 11) is 0. The van der Waals surface area contributed by atoms with E-state index in [4.69, 9.17) is 19.9 Å². The van der Waals surface area contributed by atoms with Gasteiger partial charge in [-0.05, 0) is 76.3 Å². The summed E-state index contributed by atoms with van der Waals surface area (Å²) < 4.78 is 29.5. The van der Waals surface area contributed by atoms with Crippen LogP contribution in [0, 0.1) is 11.7 Å². The van der Waals surface area contributed by atoms with E-state index in [0.29, 0.717) is 23.0 Å². The number of rotatable bonds is 18. The normalized spacial score (nSPS) is 13.4. The minimum atomic E-state index is -1.25. The molecule has 0 spiro atoms. The third-order valence-electron chi connectivity index (χ3n) is 7.34. The molecular formula is C33H41FN4O8. The van der Waals surface area contributed by atoms with Crippen molar-refractivity contribution in [3.63, 3.8) is 0 Å². The van der Waals surface area contributed by atoms with Crippen molar-refractivity contribution in [1.29, 1.82) is 0 Å². The Bertz CT molecular complexity index is 1500. The van der Waals surface area contributed by atoms with E-state index in [1.165, 1.54) is 24.4 Å². The molecule has 0 saturated carbocycles. The summed E-state index contributed by atoms with van der Waals surface area (Å²) in [5, 5.41) is 14.1. The second-order valence-corrected chi connectivity index (χ2v) is 11.4. The van der Waals surface area contributed by atoms with Gasteiger partial charge < -0.3 is 30.4 Å². The lowest BCUT2D eigenvalue weighted by Gasteiger charge is -2.29. The number of nitrogens with zero attached hydrogens (tertiary/aromatic N) is 2. The first-order chi connectivity index (χ1) is 21.9. The summed E-state index contributed by atoms with van der Waals surface area (Å²) in [5.74, 6) is -3.66. The van der Waals surface area contributed by atoms with E-state index in [-0.39, 0.29) is 51.2 Å². The molecule has 0 radical (unpaired) electrons. The number of halogens is 1. The number of hydrogen-bond donors (Lipinski definition) is 3. The Hall–Kier alpha value is -4.49. The standard InChI is InChI=1S/C33H41FN4O8/c1-4-44-29(40)12-13-30(41)45-20-46-33(2,3)15-14-22(31(35)42)18-28(39)26(17-21-8-7-9-23(34)16-21)38-32(43)27-19-36-24-10-5-6-11-25(24)37-27/h5-11,16,19,22,26,28,39H,4,12-15,17-18,20H2,1-3H3,(H2,35,42)(H,38,43)/t22-,26+,28+/m1/s1. The van der Waals surface area contributed by atoms with Crippen molar-refractivity contribution >= 4 is 34.8 Å². The van der Waals surface area contributed by atoms with Crippen LogP contribution in [0.2, 0.25) is 0 Å². The Morgan fingerprint density at radius 1 is 1.02 bits per heavy atom. The smallest absolute Gasteiger partial charge is 0.308 e. The molecule has 0 aliphatic heterocycles. The molecule has 0 fully saturated rings. The highest BCUT2D eigenvalue weighted by Crippen LogP contribution is 2.24. The summed E-state index contributed by atoms with van der Waals surface area (Å²) in [6.07, 6.45) is 0.317. The molecule has 46 heavy (non-hydrogen) atoms. The third kappa shape index (κ3) is 11.8. The van der Waals surface area contributed by atoms with E-state index >= 15 is 0 Å². The summed E-state index contributed by atoms with van der Waals surface area (Å²) in [4.78, 5) is 57.6. The quantitative estimate of drug-likeness (QED) is 0.138. The lowest BCUT2D eigenvalue weighted by Crippen LogP contribution is -2.46. The van der Waals surface area contributed by atoms with Gasteiger partial charge >= 0.3 is 11.9 Å². The van der Waals surface area contributed by atoms with Crippen molar-refractivity contribution in [1.82, 2.24) is 15.3 Å². The van der Waals surface area contributed by atoms with Gasteiger partial charge in [-0.1, -0.05) is 24.3 Å². The molecule has 0 aliphatic carbocycles. The topological polar surface area (TPSA) is 180 Å². The first kappa shape index (κ1) is 36.0. The van der Waals surface area contributed by atoms with Crippen molar-refractivity contribution < 1.29 is 42.9 Å². The highest BCUT2D eigenvalue weighted by atomic mass is 19.1. The van der Waals surface area contributed by atoms with Crippen LogP contribution in [0.1, 0.15) is 68.9 Å². The van der Waals surface area contributed by atoms with Gasteiger partial charge in [0.1, 0.15) is 11.5 Å². The van der Waals surface area contributed by atoms with Gasteiger partial charge in [0.2, 0.25) is 5.91 Å². The molecule has 0 saturated heterocycles. The number of amides is 2. The highest BCUT2D eigenvalue weighted by Gasteiger charge is 2.30. The maximum Gasteiger partial charge on any atom is 0.308 e. The second-order valence-electron chi connectivity index (χ2n) is 11.4. The zero-order chi connectivity index (χ0) is 33.7. The van der Waals surface area contributed by atoms with Crippen molar-refractivity contribution in [2.75, 3.05) is 13.4 Å². The van der Waals surface area contributed by atoms with Crippen LogP contribution in [0.25, 0.3) is 11.0 Å². The third-order valence-corrected chi connectivity index (χ3v) is 7.34. The summed E-state index contributed by atoms with van der Waals surface area (Å²) >= 11 is 0. The lowest BCUT2D eigenvalue weighted by molar-refractivity contribution is -0.171. The molecule has 3 rings (SSSR count). The minimum Gasteiger partial charge on any atom is -0.466 e. The fraction of sp³-hybridized carbons (Fsp3) is 0.455. The number of aliphatic hydroxyl groups excluding tert-OH is 1. The summed E-state index contributed by atoms with van der Waals surface area (Å²) in [6.45, 7) is 5.01. The fourth-order valence-corrected chi connectivity index (χ4v) is 4.70. The van der Waals surface area contributed by atoms with Crippen molar-refractivity contribution in [3.8, 4) is 0 Å². The number of benzene rings is 2. The molecule has 2 amide bonds. The van der Waals surface area contributed by atoms with Gasteiger partial charge in [0.15, 0.2) is 6.79 Å². The van der Waals surface area contributed by atoms with Gasteiger partial charge in [-0.3, -0.25) is 24.2 Å². The zero-order valence-corrected chi connectivity index (χ0v) is 26.2. The van der Waals surface area contributed by atoms with Crippen molar-refractivity contribution in [3.05, 3.63) is 71.8 Å². The number of carbonyl (C=O) groups is 4. The van der Waals surface area contributed by atoms with Crippen LogP contribution in [0.3, 0.4) is 0 Å². The largest absolute Gasteiger partial charge is 0.466 e. The van der Waals surface area contributed by atoms with Gasteiger partial charge in [0.25, 0.3) is 5.91 Å². The maximum atomic E-state index is 14.0. The number of primary amides is 1. The molecule has 13 heteroatoms. The van der Waals surface area contributed by atoms with Crippen LogP contribution in [0.5, 0.6) is 0 Å². The van der Waals surface area contributed by atoms with Crippen LogP contribution in [0.4, 0.5) is 4.39 Å². The number of fused-ring (bicyclic) bond motifs is 1. The van der Waals surface area contributed by atoms with E-state index in [2.05, 4.69) is 15.3 Å². The Kier molecular flexibility index (Phi) is 13.5. The van der Waals surface area contributed by atoms with E-state index < -0.39 is 53.2 Å². The lowest BCUT2D eigenvalue weighted by atomic mass is 9.87. The molecule has 1 heterocycles. The molecule has 4 N–H and O–H groups in total. The maximum absolute atomic E-state index is 14.0. The van der Waals surface area contributed by atoms with Crippen molar-refractivity contribution in [2.45, 2.75) is 77.0 Å². The highest BCUT2D eigenvalue weighted by molar-refractivity contribution is 5.94. The molecule has 2 aromatic carbocycles. The van der Waals surface area contributed by atoms with E-state index in [1.54, 1.807) is 51.1 Å². The predicted octanol–water partition coefficient (Wildman–Crippen LogP) is 3.38. The average Bonchev–Trinajstić information content (AvgIpc) is 3.01. The zero-order valence-electron chi connectivity index (χ0n) is 26.2. The Morgan fingerprint density at radius 3 is 2.39 bits per heavy atom. The van der Waals surface area contributed by atoms with Gasteiger partial charge in [-0.2, -0.15) is 0 Å². The van der Waals surface area contributed by atoms with Crippen LogP contribution in [-0.4, -0.2) is 70.0 Å². The van der Waals surface area contributed by atoms with Crippen LogP contribution in [-0.2, 0) is 35.0 Å². The van der Waals surface area contributed by atoms with Crippen LogP contribution in [0.15, 0.2) is 54.7 Å². The second kappa shape index (κ2) is 17.3. The number of para-hydroxylation sites is 2. The molecular weight excluding hydrogens is 599 g/mol. The molecule has 12 nitrogen and oxygen atoms in total. The van der Waals surface area contributed by atoms with Gasteiger partial charge in [-0.15, -0.1) is 0 Å². The Morgan fingerprint density at radius 2 is 1.72 bits per heavy atom. The SMILES string of the molecule is CCOC(=O)CCC(=O)OCOC(C)(C)CC[C@H](C[C@H](O)[C@H](Cc1cccc(F)c1)NC(=O)c1cnc2ccccc2n1)C(N)=O. The predicted molar refractivity (Wildman–Crippen MR) is 165 cm³/mol. The molecule has 0 bridgehead atoms. The van der Waals surface area contributed by atoms with Gasteiger partial charge in [0, 0.05) is 5.92 Å². The molecule has 0 unspecified atom stereocenters. The van der Waals surface area contributed by atoms with Crippen LogP contribution >= 0.6 is 0 Å². The number of nitrogens with two attached hydrogens (primary N) is 1. The number of carbonyl (C=O) groups excluding carboxylic acids is 4. The van der Waals surface area contributed by atoms with Crippen LogP contribution < -0.4 is 11.1 Å². The first-order valence-electron chi connectivity index (χ1n) is 15.1. The number of esters is 2. The van der Waals surface area contributed by atoms with Gasteiger partial charge in [-0.25, -0.2) is 9.37 Å². The average molecular weight is 641 g/mol. The van der Waals surface area contributed by atoms with Gasteiger partial charge in [0.05, 0.1) is 54.4 Å². The number of nitrogens with one attached hydrogen (secondary N) is 1. The Balaban J connectivity index is 1.63. The Labute approximate surface area is 266 Å². The molecule has 3 atom stereocenters. The van der Waals surface area contributed by atoms with E-state index in [9.17, 15) is 28.7 Å². The number of aliphatic hydroxyl groups is 1. The minimum absolute atomic E-state index is 0.0297. The molecule has 1 aromatic heterocycles. The monoisotopic (exact) mass is 640 g/mol. The first-order valence-corrected chi connectivity index (χ1v) is 15.1. The van der Waals surface area contributed by atoms with E-state index in [0.717, 1.165) is 0 Å². The summed E-state index contributed by atoms with van der Waals surface area (Å²) in [6, 6.07) is 11.9. The molecule has 0 aliphatic rings. The number of ether oxygens (including phenoxy) is 3. The van der Waals surface area contributed by atoms with E-state index in [1.807, 2.05) is 0 Å². The molecule has 3 aromatic rings. The number of hydrogen-bond acceptors (Lipinski definition) is 10. The summed E-state index contributed by atoms with van der Waals surface area (Å²) in [5.41, 5.74) is 6.53. The van der Waals surface area contributed by atoms with Crippen molar-refractivity contribution in [2.24, 2.45) is 11.7 Å². The molecule has 248 valence electrons.